The van der Waals surface area contributed by atoms with Crippen molar-refractivity contribution in [1.29, 1.82) is 0 Å². The van der Waals surface area contributed by atoms with E-state index in [1.54, 1.807) is 0 Å². The Morgan fingerprint density at radius 2 is 1.84 bits per heavy atom. The molecule has 4 heteroatoms. The summed E-state index contributed by atoms with van der Waals surface area (Å²) in [5.41, 5.74) is 1.39. The molecule has 3 heterocycles. The van der Waals surface area contributed by atoms with Crippen LogP contribution in [-0.4, -0.2) is 27.1 Å². The lowest BCUT2D eigenvalue weighted by atomic mass is 9.68. The number of fused-ring (bicyclic) bond motifs is 3. The van der Waals surface area contributed by atoms with Crippen molar-refractivity contribution in [2.75, 3.05) is 6.54 Å². The number of aromatic nitrogens is 2. The van der Waals surface area contributed by atoms with Crippen molar-refractivity contribution in [2.45, 2.75) is 70.4 Å². The Morgan fingerprint density at radius 3 is 2.52 bits per heavy atom. The maximum absolute atomic E-state index is 5.83. The summed E-state index contributed by atoms with van der Waals surface area (Å²) < 4.78 is 5.83. The first-order valence-corrected chi connectivity index (χ1v) is 9.62. The Balaban J connectivity index is 1.55. The van der Waals surface area contributed by atoms with Gasteiger partial charge >= 0.3 is 0 Å². The lowest BCUT2D eigenvalue weighted by Crippen LogP contribution is -2.62. The molecule has 0 amide bonds. The third-order valence-corrected chi connectivity index (χ3v) is 6.05. The Hall–Kier alpha value is -1.68. The van der Waals surface area contributed by atoms with Crippen LogP contribution in [0.1, 0.15) is 63.7 Å². The van der Waals surface area contributed by atoms with Crippen molar-refractivity contribution in [2.24, 2.45) is 5.92 Å². The van der Waals surface area contributed by atoms with Crippen LogP contribution in [-0.2, 0) is 18.4 Å². The van der Waals surface area contributed by atoms with Gasteiger partial charge in [-0.05, 0) is 64.4 Å². The van der Waals surface area contributed by atoms with Crippen molar-refractivity contribution in [3.8, 4) is 0 Å². The van der Waals surface area contributed by atoms with Crippen LogP contribution in [0.5, 0.6) is 0 Å². The molecule has 25 heavy (non-hydrogen) atoms. The fraction of sp³-hybridized carbons (Fsp3) is 0.619. The molecule has 0 atom stereocenters. The third kappa shape index (κ3) is 3.12. The minimum absolute atomic E-state index is 0.0506. The number of hydrogen-bond acceptors (Lipinski definition) is 4. The molecule has 1 saturated carbocycles. The monoisotopic (exact) mass is 339 g/mol. The van der Waals surface area contributed by atoms with Crippen molar-refractivity contribution < 1.29 is 4.52 Å². The summed E-state index contributed by atoms with van der Waals surface area (Å²) in [6.45, 7) is 8.08. The van der Waals surface area contributed by atoms with Crippen LogP contribution in [0.3, 0.4) is 0 Å². The molecule has 3 fully saturated rings. The van der Waals surface area contributed by atoms with Gasteiger partial charge in [0.15, 0.2) is 5.82 Å². The van der Waals surface area contributed by atoms with E-state index in [9.17, 15) is 0 Å². The van der Waals surface area contributed by atoms with E-state index in [-0.39, 0.29) is 11.1 Å². The Morgan fingerprint density at radius 1 is 1.12 bits per heavy atom. The minimum Gasteiger partial charge on any atom is -0.337 e. The molecule has 1 aromatic heterocycles. The van der Waals surface area contributed by atoms with Crippen LogP contribution in [0, 0.1) is 5.92 Å². The molecule has 2 bridgehead atoms. The Bertz CT molecular complexity index is 708. The van der Waals surface area contributed by atoms with Gasteiger partial charge in [0.25, 0.3) is 0 Å². The number of nitrogens with zero attached hydrogens (tertiary/aromatic N) is 3. The fourth-order valence-electron chi connectivity index (χ4n) is 4.73. The summed E-state index contributed by atoms with van der Waals surface area (Å²) >= 11 is 0. The second kappa shape index (κ2) is 6.24. The zero-order valence-corrected chi connectivity index (χ0v) is 15.7. The fourth-order valence-corrected chi connectivity index (χ4v) is 4.73. The SMILES string of the molecule is CC(C)(C)N1CC2CCC1(c1nc(CCc3ccccc3)no1)CC2. The first-order chi connectivity index (χ1) is 12.0. The highest BCUT2D eigenvalue weighted by Gasteiger charge is 2.54. The summed E-state index contributed by atoms with van der Waals surface area (Å²) in [4.78, 5) is 7.49. The first kappa shape index (κ1) is 16.8. The Labute approximate surface area is 150 Å². The van der Waals surface area contributed by atoms with E-state index in [2.05, 4.69) is 61.2 Å². The summed E-state index contributed by atoms with van der Waals surface area (Å²) in [5.74, 6) is 2.53. The molecule has 3 aliphatic rings. The van der Waals surface area contributed by atoms with Crippen LogP contribution in [0.25, 0.3) is 0 Å². The summed E-state index contributed by atoms with van der Waals surface area (Å²) in [6, 6.07) is 10.5. The van der Waals surface area contributed by atoms with E-state index in [1.165, 1.54) is 18.4 Å². The third-order valence-electron chi connectivity index (χ3n) is 6.05. The van der Waals surface area contributed by atoms with Crippen LogP contribution >= 0.6 is 0 Å². The smallest absolute Gasteiger partial charge is 0.247 e. The van der Waals surface area contributed by atoms with Crippen LogP contribution < -0.4 is 0 Å². The highest BCUT2D eigenvalue weighted by Crippen LogP contribution is 2.51. The number of benzene rings is 1. The van der Waals surface area contributed by atoms with E-state index < -0.39 is 0 Å². The van der Waals surface area contributed by atoms with E-state index in [0.29, 0.717) is 0 Å². The lowest BCUT2D eigenvalue weighted by molar-refractivity contribution is -0.107. The van der Waals surface area contributed by atoms with E-state index >= 15 is 0 Å². The molecule has 0 spiro atoms. The van der Waals surface area contributed by atoms with Gasteiger partial charge in [-0.25, -0.2) is 0 Å². The van der Waals surface area contributed by atoms with E-state index in [0.717, 1.165) is 49.9 Å². The molecular weight excluding hydrogens is 310 g/mol. The highest BCUT2D eigenvalue weighted by molar-refractivity contribution is 5.16. The molecular formula is C21H29N3O. The molecule has 4 nitrogen and oxygen atoms in total. The molecule has 0 unspecified atom stereocenters. The van der Waals surface area contributed by atoms with E-state index in [1.807, 2.05) is 0 Å². The van der Waals surface area contributed by atoms with Crippen LogP contribution in [0.4, 0.5) is 0 Å². The largest absolute Gasteiger partial charge is 0.337 e. The molecule has 0 radical (unpaired) electrons. The maximum Gasteiger partial charge on any atom is 0.247 e. The van der Waals surface area contributed by atoms with Gasteiger partial charge in [-0.2, -0.15) is 4.98 Å². The average molecular weight is 339 g/mol. The normalized spacial score (nSPS) is 26.9. The van der Waals surface area contributed by atoms with Gasteiger partial charge in [0.2, 0.25) is 5.89 Å². The van der Waals surface area contributed by atoms with Crippen LogP contribution in [0.15, 0.2) is 34.9 Å². The molecule has 2 aromatic rings. The zero-order valence-electron chi connectivity index (χ0n) is 15.7. The molecule has 2 aliphatic heterocycles. The average Bonchev–Trinajstić information content (AvgIpc) is 3.11. The van der Waals surface area contributed by atoms with Gasteiger partial charge in [0.1, 0.15) is 5.54 Å². The van der Waals surface area contributed by atoms with Gasteiger partial charge in [-0.1, -0.05) is 35.5 Å². The molecule has 2 saturated heterocycles. The van der Waals surface area contributed by atoms with Crippen molar-refractivity contribution in [3.63, 3.8) is 0 Å². The predicted molar refractivity (Wildman–Crippen MR) is 98.2 cm³/mol. The highest BCUT2D eigenvalue weighted by atomic mass is 16.5. The molecule has 1 aromatic carbocycles. The van der Waals surface area contributed by atoms with Gasteiger partial charge in [-0.3, -0.25) is 4.90 Å². The van der Waals surface area contributed by atoms with Crippen molar-refractivity contribution >= 4 is 0 Å². The second-order valence-corrected chi connectivity index (χ2v) is 8.76. The number of hydrogen-bond donors (Lipinski definition) is 0. The summed E-state index contributed by atoms with van der Waals surface area (Å²) in [7, 11) is 0. The number of aryl methyl sites for hydroxylation is 2. The van der Waals surface area contributed by atoms with Gasteiger partial charge in [0.05, 0.1) is 0 Å². The maximum atomic E-state index is 5.83. The zero-order chi connectivity index (χ0) is 17.5. The lowest BCUT2D eigenvalue weighted by Gasteiger charge is -2.57. The van der Waals surface area contributed by atoms with Gasteiger partial charge in [0, 0.05) is 18.5 Å². The molecule has 0 N–H and O–H groups in total. The summed E-state index contributed by atoms with van der Waals surface area (Å²) in [6.07, 6.45) is 6.66. The molecule has 134 valence electrons. The molecule has 1 aliphatic carbocycles. The van der Waals surface area contributed by atoms with Crippen molar-refractivity contribution in [1.82, 2.24) is 15.0 Å². The summed E-state index contributed by atoms with van der Waals surface area (Å²) in [5, 5.41) is 4.32. The molecule has 5 rings (SSSR count). The van der Waals surface area contributed by atoms with Crippen molar-refractivity contribution in [3.05, 3.63) is 47.6 Å². The quantitative estimate of drug-likeness (QED) is 0.830. The standard InChI is InChI=1S/C21H29N3O/c1-20(2,3)24-15-17-11-13-21(24,14-12-17)19-22-18(23-25-19)10-9-16-7-5-4-6-8-16/h4-8,17H,9-15H2,1-3H3. The second-order valence-electron chi connectivity index (χ2n) is 8.76. The number of piperidine rings is 2. The minimum atomic E-state index is -0.0506. The van der Waals surface area contributed by atoms with Crippen LogP contribution in [0.2, 0.25) is 0 Å². The Kier molecular flexibility index (Phi) is 4.19. The first-order valence-electron chi connectivity index (χ1n) is 9.62. The van der Waals surface area contributed by atoms with E-state index in [4.69, 9.17) is 9.51 Å². The number of rotatable bonds is 4. The topological polar surface area (TPSA) is 42.2 Å². The van der Waals surface area contributed by atoms with Gasteiger partial charge in [-0.15, -0.1) is 0 Å². The van der Waals surface area contributed by atoms with Gasteiger partial charge < -0.3 is 4.52 Å². The predicted octanol–water partition coefficient (Wildman–Crippen LogP) is 4.35.